The van der Waals surface area contributed by atoms with Gasteiger partial charge < -0.3 is 11.1 Å². The third-order valence-electron chi connectivity index (χ3n) is 1.20. The molecule has 10 heavy (non-hydrogen) atoms. The Hall–Kier alpha value is -0.760. The van der Waals surface area contributed by atoms with Gasteiger partial charge in [-0.2, -0.15) is 0 Å². The maximum absolute atomic E-state index is 5.46. The van der Waals surface area contributed by atoms with E-state index >= 15 is 0 Å². The normalized spacial score (nSPS) is 14.5. The molecule has 0 aromatic rings. The molecule has 0 aromatic carbocycles. The molecule has 0 fully saturated rings. The second-order valence-corrected chi connectivity index (χ2v) is 2.23. The van der Waals surface area contributed by atoms with Gasteiger partial charge in [-0.1, -0.05) is 19.6 Å². The van der Waals surface area contributed by atoms with Gasteiger partial charge in [-0.25, -0.2) is 0 Å². The van der Waals surface area contributed by atoms with Crippen molar-refractivity contribution in [2.75, 3.05) is 0 Å². The van der Waals surface area contributed by atoms with Crippen molar-refractivity contribution >= 4 is 0 Å². The molecule has 0 radical (unpaired) electrons. The number of nitrogens with two attached hydrogens (primary N) is 1. The van der Waals surface area contributed by atoms with Crippen LogP contribution in [0.25, 0.3) is 0 Å². The average Bonchev–Trinajstić information content (AvgIpc) is 1.90. The fraction of sp³-hybridized carbons (Fsp3) is 0.500. The van der Waals surface area contributed by atoms with Gasteiger partial charge in [0, 0.05) is 6.20 Å². The van der Waals surface area contributed by atoms with Crippen molar-refractivity contribution in [3.05, 3.63) is 24.4 Å². The van der Waals surface area contributed by atoms with Crippen molar-refractivity contribution in [2.24, 2.45) is 5.73 Å². The van der Waals surface area contributed by atoms with Crippen LogP contribution in [0.5, 0.6) is 0 Å². The zero-order valence-electron chi connectivity index (χ0n) is 6.72. The largest absolute Gasteiger partial charge is 0.376 e. The highest BCUT2D eigenvalue weighted by Crippen LogP contribution is 1.98. The molecule has 0 aliphatic rings. The molecule has 1 atom stereocenters. The van der Waals surface area contributed by atoms with E-state index in [1.807, 2.05) is 19.2 Å². The van der Waals surface area contributed by atoms with Crippen molar-refractivity contribution in [3.8, 4) is 0 Å². The Labute approximate surface area is 62.8 Å². The Kier molecular flexibility index (Phi) is 4.67. The molecule has 3 N–H and O–H groups in total. The smallest absolute Gasteiger partial charge is 0.0709 e. The summed E-state index contributed by atoms with van der Waals surface area (Å²) >= 11 is 0. The number of nitrogens with one attached hydrogen (secondary N) is 1. The van der Waals surface area contributed by atoms with Crippen LogP contribution in [0.3, 0.4) is 0 Å². The number of hydrogen-bond donors (Lipinski definition) is 2. The minimum Gasteiger partial charge on any atom is -0.376 e. The van der Waals surface area contributed by atoms with Crippen molar-refractivity contribution in [2.45, 2.75) is 26.4 Å². The predicted molar refractivity (Wildman–Crippen MR) is 45.4 cm³/mol. The van der Waals surface area contributed by atoms with Crippen LogP contribution in [0.4, 0.5) is 0 Å². The molecule has 0 aromatic heterocycles. The maximum atomic E-state index is 5.46. The number of hydrogen-bond acceptors (Lipinski definition) is 2. The van der Waals surface area contributed by atoms with Gasteiger partial charge in [-0.05, 0) is 18.9 Å². The third kappa shape index (κ3) is 4.15. The van der Waals surface area contributed by atoms with Gasteiger partial charge >= 0.3 is 0 Å². The SMILES string of the molecule is C=C/C(=C\NC(C)N)CC. The summed E-state index contributed by atoms with van der Waals surface area (Å²) in [6.07, 6.45) is 4.73. The topological polar surface area (TPSA) is 38.0 Å². The zero-order chi connectivity index (χ0) is 7.98. The first-order chi connectivity index (χ1) is 4.70. The Morgan fingerprint density at radius 2 is 2.40 bits per heavy atom. The summed E-state index contributed by atoms with van der Waals surface area (Å²) in [7, 11) is 0. The molecule has 1 unspecified atom stereocenters. The first kappa shape index (κ1) is 9.24. The van der Waals surface area contributed by atoms with Crippen LogP contribution >= 0.6 is 0 Å². The maximum Gasteiger partial charge on any atom is 0.0709 e. The molecule has 0 heterocycles. The molecule has 2 nitrogen and oxygen atoms in total. The Bertz CT molecular complexity index is 125. The molecule has 58 valence electrons. The molecule has 0 amide bonds. The first-order valence-corrected chi connectivity index (χ1v) is 3.53. The lowest BCUT2D eigenvalue weighted by Gasteiger charge is -2.05. The lowest BCUT2D eigenvalue weighted by molar-refractivity contribution is 0.666. The van der Waals surface area contributed by atoms with E-state index in [0.29, 0.717) is 0 Å². The summed E-state index contributed by atoms with van der Waals surface area (Å²) in [5, 5.41) is 2.99. The van der Waals surface area contributed by atoms with Crippen molar-refractivity contribution < 1.29 is 0 Å². The monoisotopic (exact) mass is 140 g/mol. The third-order valence-corrected chi connectivity index (χ3v) is 1.20. The Balaban J connectivity index is 3.74. The fourth-order valence-electron chi connectivity index (χ4n) is 0.544. The van der Waals surface area contributed by atoms with Gasteiger partial charge in [0.2, 0.25) is 0 Å². The van der Waals surface area contributed by atoms with Gasteiger partial charge in [0.1, 0.15) is 0 Å². The second-order valence-electron chi connectivity index (χ2n) is 2.23. The Morgan fingerprint density at radius 1 is 1.80 bits per heavy atom. The van der Waals surface area contributed by atoms with E-state index in [0.717, 1.165) is 6.42 Å². The van der Waals surface area contributed by atoms with Crippen molar-refractivity contribution in [1.82, 2.24) is 5.32 Å². The quantitative estimate of drug-likeness (QED) is 0.457. The minimum atomic E-state index is 0.0153. The van der Waals surface area contributed by atoms with E-state index in [-0.39, 0.29) is 6.17 Å². The van der Waals surface area contributed by atoms with E-state index < -0.39 is 0 Å². The first-order valence-electron chi connectivity index (χ1n) is 3.53. The van der Waals surface area contributed by atoms with Crippen LogP contribution in [0.15, 0.2) is 24.4 Å². The molecule has 0 rings (SSSR count). The summed E-state index contributed by atoms with van der Waals surface area (Å²) in [4.78, 5) is 0. The van der Waals surface area contributed by atoms with Crippen molar-refractivity contribution in [1.29, 1.82) is 0 Å². The van der Waals surface area contributed by atoms with Crippen LogP contribution in [0, 0.1) is 0 Å². The van der Waals surface area contributed by atoms with Crippen LogP contribution < -0.4 is 11.1 Å². The summed E-state index contributed by atoms with van der Waals surface area (Å²) in [5.74, 6) is 0. The fourth-order valence-corrected chi connectivity index (χ4v) is 0.544. The van der Waals surface area contributed by atoms with E-state index in [9.17, 15) is 0 Å². The van der Waals surface area contributed by atoms with E-state index in [2.05, 4.69) is 18.8 Å². The summed E-state index contributed by atoms with van der Waals surface area (Å²) in [5.41, 5.74) is 6.64. The highest BCUT2D eigenvalue weighted by atomic mass is 15.0. The number of rotatable bonds is 4. The predicted octanol–water partition coefficient (Wildman–Crippen LogP) is 1.36. The van der Waals surface area contributed by atoms with Crippen LogP contribution in [0.2, 0.25) is 0 Å². The molecule has 0 aliphatic heterocycles. The molecule has 0 spiro atoms. The van der Waals surface area contributed by atoms with Crippen molar-refractivity contribution in [3.63, 3.8) is 0 Å². The molecule has 0 bridgehead atoms. The summed E-state index contributed by atoms with van der Waals surface area (Å²) < 4.78 is 0. The van der Waals surface area contributed by atoms with Gasteiger partial charge in [-0.3, -0.25) is 0 Å². The lowest BCUT2D eigenvalue weighted by Crippen LogP contribution is -2.29. The standard InChI is InChI=1S/C8H16N2/c1-4-8(5-2)6-10-7(3)9/h4,6-7,10H,1,5,9H2,2-3H3/b8-6+. The number of allylic oxidation sites excluding steroid dienone is 2. The summed E-state index contributed by atoms with van der Waals surface area (Å²) in [6, 6.07) is 0. The highest BCUT2D eigenvalue weighted by Gasteiger charge is 1.87. The van der Waals surface area contributed by atoms with Gasteiger partial charge in [0.15, 0.2) is 0 Å². The lowest BCUT2D eigenvalue weighted by atomic mass is 10.2. The summed E-state index contributed by atoms with van der Waals surface area (Å²) in [6.45, 7) is 7.64. The van der Waals surface area contributed by atoms with Crippen LogP contribution in [-0.2, 0) is 0 Å². The minimum absolute atomic E-state index is 0.0153. The molecule has 0 saturated carbocycles. The van der Waals surface area contributed by atoms with E-state index in [1.54, 1.807) is 0 Å². The Morgan fingerprint density at radius 3 is 2.70 bits per heavy atom. The average molecular weight is 140 g/mol. The molecule has 0 aliphatic carbocycles. The van der Waals surface area contributed by atoms with Crippen LogP contribution in [-0.4, -0.2) is 6.17 Å². The van der Waals surface area contributed by atoms with Gasteiger partial charge in [0.05, 0.1) is 6.17 Å². The highest BCUT2D eigenvalue weighted by molar-refractivity contribution is 5.14. The molecular weight excluding hydrogens is 124 g/mol. The van der Waals surface area contributed by atoms with Crippen LogP contribution in [0.1, 0.15) is 20.3 Å². The molecular formula is C8H16N2. The second kappa shape index (κ2) is 5.06. The zero-order valence-corrected chi connectivity index (χ0v) is 6.72. The van der Waals surface area contributed by atoms with E-state index in [1.165, 1.54) is 5.57 Å². The van der Waals surface area contributed by atoms with Gasteiger partial charge in [-0.15, -0.1) is 0 Å². The molecule has 2 heteroatoms. The van der Waals surface area contributed by atoms with E-state index in [4.69, 9.17) is 5.73 Å². The molecule has 0 saturated heterocycles. The van der Waals surface area contributed by atoms with Gasteiger partial charge in [0.25, 0.3) is 0 Å².